The van der Waals surface area contributed by atoms with Gasteiger partial charge in [0, 0.05) is 0 Å². The summed E-state index contributed by atoms with van der Waals surface area (Å²) in [5.74, 6) is 1.52. The zero-order valence-electron chi connectivity index (χ0n) is 12.9. The van der Waals surface area contributed by atoms with E-state index in [1.165, 1.54) is 5.92 Å². The van der Waals surface area contributed by atoms with Crippen LogP contribution in [0.3, 0.4) is 0 Å². The lowest BCUT2D eigenvalue weighted by molar-refractivity contribution is 0.684. The standard InChI is InChI=1S/C10I21/c11-2(12,1(3(13,14)15)4(16,17)18)5(19,20)6(21,22)7(23,24)8(25,26)9(27,28)10(29,30)31. The number of rotatable bonds is 9. The number of hydrogen-bond acceptors (Lipinski definition) is 0. The molecule has 0 aliphatic rings. The fraction of sp³-hybridized carbons (Fsp3) is 0.900. The Hall–Kier alpha value is 15.3. The molecule has 0 saturated carbocycles. The van der Waals surface area contributed by atoms with Crippen molar-refractivity contribution in [1.82, 2.24) is 0 Å². The molecule has 0 amide bonds. The number of halogens is 21. The third-order valence-electron chi connectivity index (χ3n) is 3.21. The third kappa shape index (κ3) is 11.2. The van der Waals surface area contributed by atoms with E-state index >= 15 is 0 Å². The molecule has 0 saturated heterocycles. The van der Waals surface area contributed by atoms with Crippen molar-refractivity contribution < 1.29 is 0 Å². The predicted octanol–water partition coefficient (Wildman–Crippen LogP) is 16.8. The van der Waals surface area contributed by atoms with Gasteiger partial charge in [0.25, 0.3) is 0 Å². The van der Waals surface area contributed by atoms with Crippen LogP contribution in [0.15, 0.2) is 0 Å². The van der Waals surface area contributed by atoms with Gasteiger partial charge in [0.15, 0.2) is 0 Å². The SMILES string of the molecule is IC(I)(I)[C](C(I)(I)I)C(I)(I)C(I)(I)C(I)(I)C(I)(I)C(I)(I)C(I)(I)C(I)(I)I. The Morgan fingerprint density at radius 2 is 0.516 bits per heavy atom. The molecule has 0 aliphatic carbocycles. The second kappa shape index (κ2) is 17.0. The zero-order chi connectivity index (χ0) is 26.1. The molecular formula is C10I21. The van der Waals surface area contributed by atoms with Crippen LogP contribution < -0.4 is 0 Å². The maximum absolute atomic E-state index is 2.77. The van der Waals surface area contributed by atoms with Gasteiger partial charge >= 0.3 is 0 Å². The number of hydrogen-bond donors (Lipinski definition) is 0. The summed E-state index contributed by atoms with van der Waals surface area (Å²) in [4.78, 5) is 0. The van der Waals surface area contributed by atoms with Gasteiger partial charge in [-0.2, -0.15) is 0 Å². The molecule has 0 aromatic rings. The van der Waals surface area contributed by atoms with E-state index in [9.17, 15) is 0 Å². The molecule has 1 radical (unpaired) electrons. The Morgan fingerprint density at radius 3 is 0.742 bits per heavy atom. The normalized spacial score (nSPS) is 16.8. The van der Waals surface area contributed by atoms with E-state index in [4.69, 9.17) is 0 Å². The Kier molecular flexibility index (Phi) is 25.4. The van der Waals surface area contributed by atoms with Crippen molar-refractivity contribution in [3.8, 4) is 0 Å². The Bertz CT molecular complexity index is 627. The van der Waals surface area contributed by atoms with Crippen LogP contribution in [0.25, 0.3) is 0 Å². The number of alkyl halides is 21. The first kappa shape index (κ1) is 46.3. The maximum atomic E-state index is 2.77. The summed E-state index contributed by atoms with van der Waals surface area (Å²) in [7, 11) is 0. The van der Waals surface area contributed by atoms with Gasteiger partial charge in [-0.15, -0.1) is 0 Å². The van der Waals surface area contributed by atoms with E-state index in [1.54, 1.807) is 0 Å². The zero-order valence-corrected chi connectivity index (χ0v) is 58.2. The van der Waals surface area contributed by atoms with E-state index in [-0.39, 0.29) is 6.88 Å². The first-order chi connectivity index (χ1) is 12.9. The van der Waals surface area contributed by atoms with Gasteiger partial charge in [-0.3, -0.25) is 0 Å². The van der Waals surface area contributed by atoms with E-state index in [0.29, 0.717) is 0 Å². The molecule has 187 valence electrons. The smallest absolute Gasteiger partial charge is 0.0639 e. The Labute approximate surface area is 471 Å². The molecule has 21 heteroatoms. The van der Waals surface area contributed by atoms with Gasteiger partial charge in [-0.1, -0.05) is 474 Å². The van der Waals surface area contributed by atoms with Crippen LogP contribution in [0.4, 0.5) is 0 Å². The Morgan fingerprint density at radius 1 is 0.290 bits per heavy atom. The van der Waals surface area contributed by atoms with Crippen molar-refractivity contribution in [2.24, 2.45) is 0 Å². The van der Waals surface area contributed by atoms with Gasteiger partial charge in [0.1, 0.15) is 6.88 Å². The van der Waals surface area contributed by atoms with Crippen molar-refractivity contribution in [3.63, 3.8) is 0 Å². The third-order valence-corrected chi connectivity index (χ3v) is 54.6. The lowest BCUT2D eigenvalue weighted by Crippen LogP contribution is -2.67. The topological polar surface area (TPSA) is 0 Å². The predicted molar refractivity (Wildman–Crippen MR) is 322 cm³/mol. The summed E-state index contributed by atoms with van der Waals surface area (Å²) in [6.45, 7) is 0. The maximum Gasteiger partial charge on any atom is 0.149 e. The summed E-state index contributed by atoms with van der Waals surface area (Å²) in [6, 6.07) is 0. The van der Waals surface area contributed by atoms with Crippen LogP contribution in [0, 0.1) is 5.92 Å². The van der Waals surface area contributed by atoms with Gasteiger partial charge in [0.2, 0.25) is 0 Å². The van der Waals surface area contributed by atoms with Crippen LogP contribution in [-0.2, 0) is 0 Å². The fourth-order valence-corrected chi connectivity index (χ4v) is 39.3. The minimum Gasteiger partial charge on any atom is -0.0639 e. The van der Waals surface area contributed by atoms with Crippen LogP contribution in [-0.4, -0.2) is 6.88 Å². The molecular weight excluding hydrogens is 2790 g/mol. The van der Waals surface area contributed by atoms with Crippen LogP contribution >= 0.6 is 474 Å². The summed E-state index contributed by atoms with van der Waals surface area (Å²) in [5.41, 5.74) is 0. The average molecular weight is 2790 g/mol. The molecule has 0 nitrogen and oxygen atoms in total. The molecule has 0 spiro atoms. The molecule has 0 unspecified atom stereocenters. The van der Waals surface area contributed by atoms with Crippen molar-refractivity contribution >= 4 is 474 Å². The van der Waals surface area contributed by atoms with Crippen molar-refractivity contribution in [2.75, 3.05) is 0 Å². The first-order valence-electron chi connectivity index (χ1n) is 6.22. The molecule has 0 fully saturated rings. The van der Waals surface area contributed by atoms with E-state index in [1.807, 2.05) is 0 Å². The van der Waals surface area contributed by atoms with Crippen LogP contribution in [0.2, 0.25) is 0 Å². The summed E-state index contributed by atoms with van der Waals surface area (Å²) in [6.07, 6.45) is 0. The van der Waals surface area contributed by atoms with Crippen LogP contribution in [0.1, 0.15) is 0 Å². The van der Waals surface area contributed by atoms with E-state index < -0.39 is 0 Å². The monoisotopic (exact) mass is 2780 g/mol. The summed E-state index contributed by atoms with van der Waals surface area (Å²) in [5, 5.41) is 0. The van der Waals surface area contributed by atoms with Gasteiger partial charge in [0.05, 0.1) is 5.92 Å². The highest BCUT2D eigenvalue weighted by Gasteiger charge is 2.77. The molecule has 0 rings (SSSR count). The summed E-state index contributed by atoms with van der Waals surface area (Å²) >= 11 is 56.3. The van der Waals surface area contributed by atoms with E-state index in [2.05, 4.69) is 474 Å². The van der Waals surface area contributed by atoms with Crippen molar-refractivity contribution in [3.05, 3.63) is 5.92 Å². The molecule has 31 heavy (non-hydrogen) atoms. The molecule has 0 bridgehead atoms. The highest BCUT2D eigenvalue weighted by atomic mass is 127. The summed E-state index contributed by atoms with van der Waals surface area (Å²) < 4.78 is -0.423. The quantitative estimate of drug-likeness (QED) is 0.159. The van der Waals surface area contributed by atoms with Gasteiger partial charge in [-0.25, -0.2) is 0 Å². The average Bonchev–Trinajstić information content (AvgIpc) is 2.40. The second-order valence-electron chi connectivity index (χ2n) is 5.31. The first-order valence-corrected chi connectivity index (χ1v) is 28.9. The lowest BCUT2D eigenvalue weighted by Gasteiger charge is -2.58. The Balaban J connectivity index is 6.96. The fourth-order valence-electron chi connectivity index (χ4n) is 1.64. The molecule has 0 aliphatic heterocycles. The minimum absolute atomic E-state index is 0.00347. The van der Waals surface area contributed by atoms with Gasteiger partial charge in [-0.05, 0) is 0 Å². The van der Waals surface area contributed by atoms with Crippen LogP contribution in [0.5, 0.6) is 0 Å². The van der Waals surface area contributed by atoms with Crippen molar-refractivity contribution in [2.45, 2.75) is 6.88 Å². The van der Waals surface area contributed by atoms with Gasteiger partial charge < -0.3 is 0 Å². The van der Waals surface area contributed by atoms with Crippen molar-refractivity contribution in [1.29, 1.82) is 0 Å². The molecule has 0 heterocycles. The molecule has 0 atom stereocenters. The van der Waals surface area contributed by atoms with E-state index in [0.717, 1.165) is 0 Å². The highest BCUT2D eigenvalue weighted by Crippen LogP contribution is 2.80. The second-order valence-corrected chi connectivity index (χ2v) is 70.3. The highest BCUT2D eigenvalue weighted by molar-refractivity contribution is 14.3. The molecule has 0 aromatic heterocycles. The lowest BCUT2D eigenvalue weighted by atomic mass is 10.0. The molecule has 0 aromatic carbocycles. The largest absolute Gasteiger partial charge is 0.149 e. The minimum atomic E-state index is -0.112. The molecule has 0 N–H and O–H groups in total.